The van der Waals surface area contributed by atoms with Gasteiger partial charge in [-0.2, -0.15) is 0 Å². The van der Waals surface area contributed by atoms with Crippen molar-refractivity contribution < 1.29 is 9.53 Å². The molecule has 7 heteroatoms. The summed E-state index contributed by atoms with van der Waals surface area (Å²) in [7, 11) is 1.39. The number of benzene rings is 1. The summed E-state index contributed by atoms with van der Waals surface area (Å²) in [6, 6.07) is 17.5. The summed E-state index contributed by atoms with van der Waals surface area (Å²) >= 11 is 5.68. The van der Waals surface area contributed by atoms with Crippen LogP contribution in [-0.4, -0.2) is 39.2 Å². The van der Waals surface area contributed by atoms with Gasteiger partial charge in [0, 0.05) is 30.3 Å². The number of nitrogens with zero attached hydrogens (tertiary/aromatic N) is 3. The third-order valence-electron chi connectivity index (χ3n) is 5.31. The Morgan fingerprint density at radius 3 is 2.63 bits per heavy atom. The quantitative estimate of drug-likeness (QED) is 0.480. The molecule has 1 aromatic carbocycles. The summed E-state index contributed by atoms with van der Waals surface area (Å²) in [6.07, 6.45) is 4.83. The maximum atomic E-state index is 11.8. The molecular formula is C23H24N4O2S. The van der Waals surface area contributed by atoms with Crippen molar-refractivity contribution in [2.75, 3.05) is 13.7 Å². The third kappa shape index (κ3) is 3.68. The molecule has 0 bridgehead atoms. The number of carbonyl (C=O) groups excluding carboxylic acids is 1. The van der Waals surface area contributed by atoms with Crippen molar-refractivity contribution in [2.24, 2.45) is 0 Å². The Kier molecular flexibility index (Phi) is 5.81. The Balaban J connectivity index is 1.75. The molecule has 4 rings (SSSR count). The number of methoxy groups -OCH3 is 1. The average Bonchev–Trinajstić information content (AvgIpc) is 3.39. The van der Waals surface area contributed by atoms with E-state index in [1.807, 2.05) is 48.8 Å². The first-order valence-electron chi connectivity index (χ1n) is 9.98. The van der Waals surface area contributed by atoms with Gasteiger partial charge in [0.25, 0.3) is 0 Å². The SMILES string of the molecule is CCCN1C(=S)N[C@H](c2ccccn2)[C@@H]1c1cccn1-c1ccc(C(=O)OC)cc1. The molecule has 1 saturated heterocycles. The van der Waals surface area contributed by atoms with E-state index in [2.05, 4.69) is 32.8 Å². The molecule has 6 nitrogen and oxygen atoms in total. The van der Waals surface area contributed by atoms with E-state index < -0.39 is 0 Å². The topological polar surface area (TPSA) is 59.4 Å². The summed E-state index contributed by atoms with van der Waals surface area (Å²) in [5, 5.41) is 4.22. The van der Waals surface area contributed by atoms with Gasteiger partial charge in [-0.1, -0.05) is 13.0 Å². The summed E-state index contributed by atoms with van der Waals surface area (Å²) < 4.78 is 6.94. The van der Waals surface area contributed by atoms with Crippen molar-refractivity contribution in [1.82, 2.24) is 19.8 Å². The van der Waals surface area contributed by atoms with Crippen LogP contribution in [0.4, 0.5) is 0 Å². The zero-order chi connectivity index (χ0) is 21.1. The molecule has 3 heterocycles. The Morgan fingerprint density at radius 1 is 1.17 bits per heavy atom. The first kappa shape index (κ1) is 20.1. The number of ether oxygens (including phenoxy) is 1. The molecule has 0 radical (unpaired) electrons. The Hall–Kier alpha value is -3.19. The number of nitrogens with one attached hydrogen (secondary N) is 1. The molecule has 0 saturated carbocycles. The van der Waals surface area contributed by atoms with E-state index in [1.54, 1.807) is 12.1 Å². The lowest BCUT2D eigenvalue weighted by Gasteiger charge is -2.28. The van der Waals surface area contributed by atoms with Gasteiger partial charge in [0.1, 0.15) is 0 Å². The number of aromatic nitrogens is 2. The van der Waals surface area contributed by atoms with E-state index in [0.717, 1.165) is 35.2 Å². The average molecular weight is 421 g/mol. The second kappa shape index (κ2) is 8.67. The van der Waals surface area contributed by atoms with Crippen molar-refractivity contribution in [3.05, 3.63) is 83.9 Å². The summed E-state index contributed by atoms with van der Waals surface area (Å²) in [4.78, 5) is 18.6. The highest BCUT2D eigenvalue weighted by atomic mass is 32.1. The standard InChI is InChI=1S/C23H24N4O2S/c1-3-14-27-21(20(25-23(27)30)18-7-4-5-13-24-18)19-8-6-15-26(19)17-11-9-16(10-12-17)22(28)29-2/h4-13,15,20-21H,3,14H2,1-2H3,(H,25,30)/t20-,21+/m1/s1. The van der Waals surface area contributed by atoms with Gasteiger partial charge in [0.05, 0.1) is 30.5 Å². The van der Waals surface area contributed by atoms with Crippen molar-refractivity contribution in [3.8, 4) is 5.69 Å². The second-order valence-corrected chi connectivity index (χ2v) is 7.55. The molecule has 3 aromatic rings. The number of thiocarbonyl (C=S) groups is 1. The van der Waals surface area contributed by atoms with Crippen molar-refractivity contribution in [3.63, 3.8) is 0 Å². The molecule has 1 aliphatic heterocycles. The maximum Gasteiger partial charge on any atom is 0.337 e. The van der Waals surface area contributed by atoms with Crippen molar-refractivity contribution >= 4 is 23.3 Å². The fourth-order valence-corrected chi connectivity index (χ4v) is 4.29. The Bertz CT molecular complexity index is 1030. The smallest absolute Gasteiger partial charge is 0.337 e. The van der Waals surface area contributed by atoms with Gasteiger partial charge < -0.3 is 19.5 Å². The predicted octanol–water partition coefficient (Wildman–Crippen LogP) is 4.04. The lowest BCUT2D eigenvalue weighted by molar-refractivity contribution is 0.0600. The van der Waals surface area contributed by atoms with E-state index in [9.17, 15) is 4.79 Å². The molecular weight excluding hydrogens is 396 g/mol. The van der Waals surface area contributed by atoms with Gasteiger partial charge in [-0.05, 0) is 67.2 Å². The Morgan fingerprint density at radius 2 is 1.97 bits per heavy atom. The third-order valence-corrected chi connectivity index (χ3v) is 5.66. The largest absolute Gasteiger partial charge is 0.465 e. The molecule has 1 aliphatic rings. The van der Waals surface area contributed by atoms with Gasteiger partial charge in [-0.25, -0.2) is 4.79 Å². The summed E-state index contributed by atoms with van der Waals surface area (Å²) in [6.45, 7) is 3.00. The number of esters is 1. The molecule has 2 atom stereocenters. The van der Waals surface area contributed by atoms with Crippen LogP contribution in [-0.2, 0) is 4.74 Å². The molecule has 0 amide bonds. The highest BCUT2D eigenvalue weighted by molar-refractivity contribution is 7.80. The molecule has 2 aromatic heterocycles. The second-order valence-electron chi connectivity index (χ2n) is 7.16. The fourth-order valence-electron chi connectivity index (χ4n) is 3.95. The van der Waals surface area contributed by atoms with Gasteiger partial charge in [-0.15, -0.1) is 0 Å². The number of carbonyl (C=O) groups is 1. The van der Waals surface area contributed by atoms with Gasteiger partial charge >= 0.3 is 5.97 Å². The van der Waals surface area contributed by atoms with Crippen LogP contribution in [0.25, 0.3) is 5.69 Å². The van der Waals surface area contributed by atoms with Crippen LogP contribution in [0.15, 0.2) is 67.0 Å². The highest BCUT2D eigenvalue weighted by Crippen LogP contribution is 2.39. The van der Waals surface area contributed by atoms with Crippen LogP contribution >= 0.6 is 12.2 Å². The number of rotatable bonds is 6. The van der Waals surface area contributed by atoms with Gasteiger partial charge in [0.2, 0.25) is 0 Å². The number of hydrogen-bond acceptors (Lipinski definition) is 4. The van der Waals surface area contributed by atoms with Gasteiger partial charge in [0.15, 0.2) is 5.11 Å². The highest BCUT2D eigenvalue weighted by Gasteiger charge is 2.40. The lowest BCUT2D eigenvalue weighted by atomic mass is 10.0. The molecule has 1 fully saturated rings. The fraction of sp³-hybridized carbons (Fsp3) is 0.261. The van der Waals surface area contributed by atoms with Crippen LogP contribution in [0.2, 0.25) is 0 Å². The van der Waals surface area contributed by atoms with E-state index in [1.165, 1.54) is 7.11 Å². The summed E-state index contributed by atoms with van der Waals surface area (Å²) in [5.74, 6) is -0.344. The minimum absolute atomic E-state index is 0.00244. The van der Waals surface area contributed by atoms with Crippen LogP contribution < -0.4 is 5.32 Å². The first-order chi connectivity index (χ1) is 14.6. The number of hydrogen-bond donors (Lipinski definition) is 1. The number of pyridine rings is 1. The zero-order valence-corrected chi connectivity index (χ0v) is 17.8. The first-order valence-corrected chi connectivity index (χ1v) is 10.4. The van der Waals surface area contributed by atoms with Crippen molar-refractivity contribution in [1.29, 1.82) is 0 Å². The molecule has 0 aliphatic carbocycles. The normalized spacial score (nSPS) is 18.3. The molecule has 0 spiro atoms. The van der Waals surface area contributed by atoms with Crippen molar-refractivity contribution in [2.45, 2.75) is 25.4 Å². The predicted molar refractivity (Wildman–Crippen MR) is 120 cm³/mol. The maximum absolute atomic E-state index is 11.8. The zero-order valence-electron chi connectivity index (χ0n) is 17.0. The summed E-state index contributed by atoms with van der Waals surface area (Å²) in [5.41, 5.74) is 3.56. The van der Waals surface area contributed by atoms with E-state index in [0.29, 0.717) is 5.56 Å². The molecule has 1 N–H and O–H groups in total. The molecule has 30 heavy (non-hydrogen) atoms. The Labute approximate surface area is 181 Å². The monoisotopic (exact) mass is 420 g/mol. The van der Waals surface area contributed by atoms with Gasteiger partial charge in [-0.3, -0.25) is 4.98 Å². The van der Waals surface area contributed by atoms with Crippen LogP contribution in [0.5, 0.6) is 0 Å². The van der Waals surface area contributed by atoms with E-state index >= 15 is 0 Å². The molecule has 154 valence electrons. The molecule has 0 unspecified atom stereocenters. The minimum Gasteiger partial charge on any atom is -0.465 e. The van der Waals surface area contributed by atoms with Crippen LogP contribution in [0, 0.1) is 0 Å². The lowest BCUT2D eigenvalue weighted by Crippen LogP contribution is -2.31. The van der Waals surface area contributed by atoms with E-state index in [-0.39, 0.29) is 18.1 Å². The van der Waals surface area contributed by atoms with Crippen LogP contribution in [0.3, 0.4) is 0 Å². The minimum atomic E-state index is -0.344. The van der Waals surface area contributed by atoms with Crippen LogP contribution in [0.1, 0.15) is 47.2 Å². The van der Waals surface area contributed by atoms with E-state index in [4.69, 9.17) is 17.0 Å².